The van der Waals surface area contributed by atoms with Crippen LogP contribution in [0.2, 0.25) is 0 Å². The van der Waals surface area contributed by atoms with E-state index in [1.807, 2.05) is 36.5 Å². The molecule has 94 valence electrons. The predicted octanol–water partition coefficient (Wildman–Crippen LogP) is 1.22. The summed E-state index contributed by atoms with van der Waals surface area (Å²) in [4.78, 5) is 11.6. The first kappa shape index (κ1) is 12.3. The predicted molar refractivity (Wildman–Crippen MR) is 70.1 cm³/mol. The van der Waals surface area contributed by atoms with E-state index in [1.165, 1.54) is 0 Å². The van der Waals surface area contributed by atoms with E-state index >= 15 is 0 Å². The minimum atomic E-state index is -0.525. The number of carbonyl (C=O) groups is 1. The lowest BCUT2D eigenvalue weighted by molar-refractivity contribution is -0.117. The van der Waals surface area contributed by atoms with Gasteiger partial charge in [0.2, 0.25) is 5.91 Å². The smallest absolute Gasteiger partial charge is 0.241 e. The minimum absolute atomic E-state index is 0.192. The fourth-order valence-electron chi connectivity index (χ4n) is 1.60. The maximum absolute atomic E-state index is 11.6. The first-order valence-electron chi connectivity index (χ1n) is 5.78. The van der Waals surface area contributed by atoms with Crippen LogP contribution in [0.3, 0.4) is 0 Å². The van der Waals surface area contributed by atoms with Gasteiger partial charge in [-0.1, -0.05) is 18.2 Å². The summed E-state index contributed by atoms with van der Waals surface area (Å²) >= 11 is 0. The largest absolute Gasteiger partial charge is 0.324 e. The van der Waals surface area contributed by atoms with E-state index in [1.54, 1.807) is 17.8 Å². The molecule has 18 heavy (non-hydrogen) atoms. The Hall–Kier alpha value is -2.14. The second-order valence-corrected chi connectivity index (χ2v) is 4.14. The summed E-state index contributed by atoms with van der Waals surface area (Å²) in [7, 11) is 0. The van der Waals surface area contributed by atoms with Crippen LogP contribution in [-0.4, -0.2) is 21.7 Å². The van der Waals surface area contributed by atoms with Crippen LogP contribution in [0.4, 0.5) is 5.69 Å². The quantitative estimate of drug-likeness (QED) is 0.849. The highest BCUT2D eigenvalue weighted by Gasteiger charge is 2.10. The van der Waals surface area contributed by atoms with Crippen molar-refractivity contribution in [1.29, 1.82) is 0 Å². The van der Waals surface area contributed by atoms with Gasteiger partial charge >= 0.3 is 0 Å². The molecule has 0 aliphatic heterocycles. The molecule has 1 atom stereocenters. The Bertz CT molecular complexity index is 520. The monoisotopic (exact) mass is 244 g/mol. The van der Waals surface area contributed by atoms with Gasteiger partial charge in [0, 0.05) is 18.1 Å². The van der Waals surface area contributed by atoms with Crippen molar-refractivity contribution in [2.45, 2.75) is 19.5 Å². The molecule has 0 fully saturated rings. The Morgan fingerprint density at radius 1 is 1.44 bits per heavy atom. The molecule has 3 N–H and O–H groups in total. The second kappa shape index (κ2) is 5.46. The Morgan fingerprint density at radius 3 is 2.89 bits per heavy atom. The number of nitrogens with one attached hydrogen (secondary N) is 1. The fraction of sp³-hybridized carbons (Fsp3) is 0.231. The molecule has 5 heteroatoms. The molecule has 1 aromatic carbocycles. The number of para-hydroxylation sites is 1. The molecule has 0 spiro atoms. The molecule has 2 rings (SSSR count). The number of hydrogen-bond acceptors (Lipinski definition) is 3. The van der Waals surface area contributed by atoms with E-state index in [0.29, 0.717) is 6.54 Å². The van der Waals surface area contributed by atoms with E-state index in [2.05, 4.69) is 10.4 Å². The third kappa shape index (κ3) is 2.95. The van der Waals surface area contributed by atoms with Crippen LogP contribution in [0.25, 0.3) is 0 Å². The third-order valence-corrected chi connectivity index (χ3v) is 2.58. The molecule has 0 saturated carbocycles. The van der Waals surface area contributed by atoms with Crippen molar-refractivity contribution in [2.75, 3.05) is 5.32 Å². The first-order chi connectivity index (χ1) is 8.66. The van der Waals surface area contributed by atoms with E-state index in [0.717, 1.165) is 11.3 Å². The average molecular weight is 244 g/mol. The van der Waals surface area contributed by atoms with Gasteiger partial charge < -0.3 is 11.1 Å². The topological polar surface area (TPSA) is 72.9 Å². The highest BCUT2D eigenvalue weighted by atomic mass is 16.2. The van der Waals surface area contributed by atoms with Gasteiger partial charge in [-0.05, 0) is 24.6 Å². The maximum atomic E-state index is 11.6. The van der Waals surface area contributed by atoms with Gasteiger partial charge in [0.15, 0.2) is 0 Å². The summed E-state index contributed by atoms with van der Waals surface area (Å²) in [6.45, 7) is 2.27. The van der Waals surface area contributed by atoms with Crippen molar-refractivity contribution in [3.63, 3.8) is 0 Å². The summed E-state index contributed by atoms with van der Waals surface area (Å²) < 4.78 is 1.80. The molecule has 1 amide bonds. The van der Waals surface area contributed by atoms with Crippen LogP contribution in [0.1, 0.15) is 12.5 Å². The molecule has 0 bridgehead atoms. The Balaban J connectivity index is 2.18. The number of anilines is 1. The molecular formula is C13H16N4O. The zero-order valence-electron chi connectivity index (χ0n) is 10.2. The number of carbonyl (C=O) groups excluding carboxylic acids is 1. The number of hydrogen-bond donors (Lipinski definition) is 2. The minimum Gasteiger partial charge on any atom is -0.324 e. The number of nitrogens with zero attached hydrogens (tertiary/aromatic N) is 2. The summed E-state index contributed by atoms with van der Waals surface area (Å²) in [5.41, 5.74) is 7.31. The zero-order chi connectivity index (χ0) is 13.0. The van der Waals surface area contributed by atoms with Gasteiger partial charge in [-0.3, -0.25) is 9.48 Å². The van der Waals surface area contributed by atoms with Gasteiger partial charge in [-0.2, -0.15) is 5.10 Å². The maximum Gasteiger partial charge on any atom is 0.241 e. The molecule has 5 nitrogen and oxygen atoms in total. The van der Waals surface area contributed by atoms with Gasteiger partial charge in [-0.25, -0.2) is 0 Å². The van der Waals surface area contributed by atoms with Gasteiger partial charge in [-0.15, -0.1) is 0 Å². The van der Waals surface area contributed by atoms with Crippen LogP contribution in [0.5, 0.6) is 0 Å². The van der Waals surface area contributed by atoms with E-state index < -0.39 is 6.04 Å². The van der Waals surface area contributed by atoms with Crippen molar-refractivity contribution >= 4 is 11.6 Å². The lowest BCUT2D eigenvalue weighted by Crippen LogP contribution is -2.32. The lowest BCUT2D eigenvalue weighted by Gasteiger charge is -2.12. The number of benzene rings is 1. The van der Waals surface area contributed by atoms with Gasteiger partial charge in [0.1, 0.15) is 0 Å². The molecule has 2 aromatic rings. The first-order valence-corrected chi connectivity index (χ1v) is 5.78. The highest BCUT2D eigenvalue weighted by molar-refractivity contribution is 5.95. The number of aromatic nitrogens is 2. The molecule has 0 aliphatic carbocycles. The second-order valence-electron chi connectivity index (χ2n) is 4.14. The van der Waals surface area contributed by atoms with E-state index in [9.17, 15) is 4.79 Å². The number of nitrogens with two attached hydrogens (primary N) is 1. The van der Waals surface area contributed by atoms with Crippen molar-refractivity contribution in [3.05, 3.63) is 48.3 Å². The third-order valence-electron chi connectivity index (χ3n) is 2.58. The lowest BCUT2D eigenvalue weighted by atomic mass is 10.1. The SMILES string of the molecule is C[C@H](N)C(=O)Nc1ccccc1Cn1cccn1. The Labute approximate surface area is 106 Å². The number of amides is 1. The van der Waals surface area contributed by atoms with Crippen LogP contribution in [-0.2, 0) is 11.3 Å². The zero-order valence-corrected chi connectivity index (χ0v) is 10.2. The number of rotatable bonds is 4. The van der Waals surface area contributed by atoms with Crippen LogP contribution >= 0.6 is 0 Å². The molecular weight excluding hydrogens is 228 g/mol. The van der Waals surface area contributed by atoms with Crippen molar-refractivity contribution in [2.24, 2.45) is 5.73 Å². The van der Waals surface area contributed by atoms with Crippen molar-refractivity contribution < 1.29 is 4.79 Å². The molecule has 1 aromatic heterocycles. The Morgan fingerprint density at radius 2 is 2.22 bits per heavy atom. The van der Waals surface area contributed by atoms with Crippen molar-refractivity contribution in [3.8, 4) is 0 Å². The molecule has 0 unspecified atom stereocenters. The van der Waals surface area contributed by atoms with E-state index in [4.69, 9.17) is 5.73 Å². The van der Waals surface area contributed by atoms with Gasteiger partial charge in [0.05, 0.1) is 12.6 Å². The average Bonchev–Trinajstić information content (AvgIpc) is 2.84. The molecule has 0 saturated heterocycles. The summed E-state index contributed by atoms with van der Waals surface area (Å²) in [5.74, 6) is -0.192. The van der Waals surface area contributed by atoms with Crippen LogP contribution in [0, 0.1) is 0 Å². The van der Waals surface area contributed by atoms with E-state index in [-0.39, 0.29) is 5.91 Å². The fourth-order valence-corrected chi connectivity index (χ4v) is 1.60. The Kier molecular flexibility index (Phi) is 3.74. The molecule has 1 heterocycles. The van der Waals surface area contributed by atoms with Crippen molar-refractivity contribution in [1.82, 2.24) is 9.78 Å². The van der Waals surface area contributed by atoms with Gasteiger partial charge in [0.25, 0.3) is 0 Å². The summed E-state index contributed by atoms with van der Waals surface area (Å²) in [6, 6.07) is 8.97. The molecule has 0 radical (unpaired) electrons. The highest BCUT2D eigenvalue weighted by Crippen LogP contribution is 2.16. The molecule has 0 aliphatic rings. The van der Waals surface area contributed by atoms with Crippen LogP contribution < -0.4 is 11.1 Å². The summed E-state index contributed by atoms with van der Waals surface area (Å²) in [6.07, 6.45) is 3.60. The summed E-state index contributed by atoms with van der Waals surface area (Å²) in [5, 5.41) is 6.96. The normalized spacial score (nSPS) is 12.1. The van der Waals surface area contributed by atoms with Crippen LogP contribution in [0.15, 0.2) is 42.7 Å². The standard InChI is InChI=1S/C13H16N4O/c1-10(14)13(18)16-12-6-3-2-5-11(12)9-17-8-4-7-15-17/h2-8,10H,9,14H2,1H3,(H,16,18)/t10-/m0/s1.